The first-order valence-electron chi connectivity index (χ1n) is 5.29. The quantitative estimate of drug-likeness (QED) is 0.908. The van der Waals surface area contributed by atoms with Crippen LogP contribution in [0.3, 0.4) is 0 Å². The molecule has 0 fully saturated rings. The van der Waals surface area contributed by atoms with Gasteiger partial charge in [-0.2, -0.15) is 13.2 Å². The maximum atomic E-state index is 12.9. The molecule has 3 nitrogen and oxygen atoms in total. The van der Waals surface area contributed by atoms with Crippen LogP contribution in [0.15, 0.2) is 12.1 Å². The van der Waals surface area contributed by atoms with E-state index < -0.39 is 24.3 Å². The highest BCUT2D eigenvalue weighted by Crippen LogP contribution is 2.44. The molecule has 0 aliphatic rings. The molecule has 0 spiro atoms. The second-order valence-electron chi connectivity index (χ2n) is 3.84. The third kappa shape index (κ3) is 2.69. The van der Waals surface area contributed by atoms with Crippen molar-refractivity contribution in [1.29, 1.82) is 0 Å². The highest BCUT2D eigenvalue weighted by Gasteiger charge is 2.37. The maximum Gasteiger partial charge on any atom is 0.416 e. The summed E-state index contributed by atoms with van der Waals surface area (Å²) >= 11 is 0. The van der Waals surface area contributed by atoms with Crippen molar-refractivity contribution in [3.8, 4) is 11.5 Å². The Morgan fingerprint density at radius 1 is 1.22 bits per heavy atom. The molecular formula is C12H15F3O3. The number of hydrogen-bond donors (Lipinski definition) is 1. The molecule has 0 saturated heterocycles. The van der Waals surface area contributed by atoms with Gasteiger partial charge in [0.25, 0.3) is 0 Å². The molecule has 1 atom stereocenters. The van der Waals surface area contributed by atoms with Gasteiger partial charge in [-0.15, -0.1) is 0 Å². The number of aliphatic hydroxyl groups is 1. The Hall–Kier alpha value is -1.43. The zero-order valence-electron chi connectivity index (χ0n) is 10.3. The summed E-state index contributed by atoms with van der Waals surface area (Å²) in [6, 6.07) is 2.14. The Kier molecular flexibility index (Phi) is 4.45. The van der Waals surface area contributed by atoms with Gasteiger partial charge < -0.3 is 14.6 Å². The van der Waals surface area contributed by atoms with Gasteiger partial charge in [0.1, 0.15) is 0 Å². The van der Waals surface area contributed by atoms with E-state index in [0.29, 0.717) is 0 Å². The van der Waals surface area contributed by atoms with Crippen molar-refractivity contribution in [1.82, 2.24) is 0 Å². The Bertz CT molecular complexity index is 416. The van der Waals surface area contributed by atoms with Crippen LogP contribution in [0.25, 0.3) is 0 Å². The molecule has 1 aromatic rings. The molecule has 0 aliphatic carbocycles. The van der Waals surface area contributed by atoms with E-state index in [2.05, 4.69) is 0 Å². The van der Waals surface area contributed by atoms with Crippen molar-refractivity contribution in [2.45, 2.75) is 19.0 Å². The van der Waals surface area contributed by atoms with E-state index in [9.17, 15) is 13.2 Å². The van der Waals surface area contributed by atoms with Crippen molar-refractivity contribution in [3.63, 3.8) is 0 Å². The van der Waals surface area contributed by atoms with Crippen LogP contribution < -0.4 is 9.47 Å². The van der Waals surface area contributed by atoms with Crippen molar-refractivity contribution < 1.29 is 27.8 Å². The molecule has 6 heteroatoms. The van der Waals surface area contributed by atoms with Crippen molar-refractivity contribution in [3.05, 3.63) is 23.3 Å². The van der Waals surface area contributed by atoms with Gasteiger partial charge in [-0.1, -0.05) is 6.92 Å². The van der Waals surface area contributed by atoms with Crippen LogP contribution in [-0.2, 0) is 6.18 Å². The SMILES string of the molecule is COc1ccc(C(F)(F)F)c(C(C)CO)c1OC. The molecule has 18 heavy (non-hydrogen) atoms. The number of ether oxygens (including phenoxy) is 2. The average molecular weight is 264 g/mol. The minimum Gasteiger partial charge on any atom is -0.493 e. The van der Waals surface area contributed by atoms with Gasteiger partial charge in [-0.3, -0.25) is 0 Å². The lowest BCUT2D eigenvalue weighted by molar-refractivity contribution is -0.138. The lowest BCUT2D eigenvalue weighted by Crippen LogP contribution is -2.14. The molecule has 0 radical (unpaired) electrons. The molecule has 0 aromatic heterocycles. The molecule has 1 aromatic carbocycles. The molecule has 1 N–H and O–H groups in total. The highest BCUT2D eigenvalue weighted by molar-refractivity contribution is 5.53. The number of rotatable bonds is 4. The maximum absolute atomic E-state index is 12.9. The first kappa shape index (κ1) is 14.6. The topological polar surface area (TPSA) is 38.7 Å². The highest BCUT2D eigenvalue weighted by atomic mass is 19.4. The molecule has 1 rings (SSSR count). The molecule has 0 saturated carbocycles. The predicted octanol–water partition coefficient (Wildman–Crippen LogP) is 2.82. The smallest absolute Gasteiger partial charge is 0.416 e. The number of methoxy groups -OCH3 is 2. The summed E-state index contributed by atoms with van der Waals surface area (Å²) in [5.74, 6) is -0.485. The van der Waals surface area contributed by atoms with Gasteiger partial charge in [0, 0.05) is 18.1 Å². The summed E-state index contributed by atoms with van der Waals surface area (Å²) in [4.78, 5) is 0. The second-order valence-corrected chi connectivity index (χ2v) is 3.84. The standard InChI is InChI=1S/C12H15F3O3/c1-7(6-16)10-8(12(13,14)15)4-5-9(17-2)11(10)18-3/h4-5,7,16H,6H2,1-3H3. The molecule has 0 bridgehead atoms. The summed E-state index contributed by atoms with van der Waals surface area (Å²) in [6.45, 7) is 1.08. The summed E-state index contributed by atoms with van der Waals surface area (Å²) in [5, 5.41) is 9.10. The van der Waals surface area contributed by atoms with E-state index in [0.717, 1.165) is 6.07 Å². The summed E-state index contributed by atoms with van der Waals surface area (Å²) in [7, 11) is 2.62. The van der Waals surface area contributed by atoms with E-state index in [1.807, 2.05) is 0 Å². The third-order valence-electron chi connectivity index (χ3n) is 2.66. The summed E-state index contributed by atoms with van der Waals surface area (Å²) in [6.07, 6.45) is -4.50. The Balaban J connectivity index is 3.54. The molecular weight excluding hydrogens is 249 g/mol. The first-order valence-corrected chi connectivity index (χ1v) is 5.29. The minimum atomic E-state index is -4.50. The van der Waals surface area contributed by atoms with Crippen LogP contribution in [0.4, 0.5) is 13.2 Å². The number of hydrogen-bond acceptors (Lipinski definition) is 3. The largest absolute Gasteiger partial charge is 0.493 e. The Labute approximate surface area is 103 Å². The van der Waals surface area contributed by atoms with Gasteiger partial charge in [0.2, 0.25) is 0 Å². The summed E-state index contributed by atoms with van der Waals surface area (Å²) in [5.41, 5.74) is -0.909. The molecule has 0 amide bonds. The van der Waals surface area contributed by atoms with Crippen LogP contribution in [0, 0.1) is 0 Å². The van der Waals surface area contributed by atoms with Crippen LogP contribution >= 0.6 is 0 Å². The second kappa shape index (κ2) is 5.48. The first-order chi connectivity index (χ1) is 8.36. The van der Waals surface area contributed by atoms with Crippen molar-refractivity contribution in [2.75, 3.05) is 20.8 Å². The number of halogens is 3. The van der Waals surface area contributed by atoms with Crippen LogP contribution in [0.1, 0.15) is 24.0 Å². The van der Waals surface area contributed by atoms with Gasteiger partial charge in [0.05, 0.1) is 19.8 Å². The molecule has 0 aliphatic heterocycles. The lowest BCUT2D eigenvalue weighted by atomic mass is 9.94. The van der Waals surface area contributed by atoms with Gasteiger partial charge in [-0.25, -0.2) is 0 Å². The van der Waals surface area contributed by atoms with Gasteiger partial charge in [0.15, 0.2) is 11.5 Å². The van der Waals surface area contributed by atoms with Crippen molar-refractivity contribution >= 4 is 0 Å². The fourth-order valence-corrected chi connectivity index (χ4v) is 1.78. The normalized spacial score (nSPS) is 13.3. The van der Waals surface area contributed by atoms with Gasteiger partial charge >= 0.3 is 6.18 Å². The monoisotopic (exact) mass is 264 g/mol. The fraction of sp³-hybridized carbons (Fsp3) is 0.500. The van der Waals surface area contributed by atoms with E-state index in [1.54, 1.807) is 0 Å². The zero-order chi connectivity index (χ0) is 13.9. The molecule has 1 unspecified atom stereocenters. The fourth-order valence-electron chi connectivity index (χ4n) is 1.78. The van der Waals surface area contributed by atoms with E-state index >= 15 is 0 Å². The predicted molar refractivity (Wildman–Crippen MR) is 60.0 cm³/mol. The Morgan fingerprint density at radius 3 is 2.22 bits per heavy atom. The molecule has 102 valence electrons. The van der Waals surface area contributed by atoms with Gasteiger partial charge in [-0.05, 0) is 12.1 Å². The molecule has 0 heterocycles. The zero-order valence-corrected chi connectivity index (χ0v) is 10.3. The summed E-state index contributed by atoms with van der Waals surface area (Å²) < 4.78 is 48.7. The van der Waals surface area contributed by atoms with Crippen LogP contribution in [0.5, 0.6) is 11.5 Å². The van der Waals surface area contributed by atoms with Crippen LogP contribution in [0.2, 0.25) is 0 Å². The Morgan fingerprint density at radius 2 is 1.83 bits per heavy atom. The number of benzene rings is 1. The minimum absolute atomic E-state index is 0.00822. The van der Waals surface area contributed by atoms with E-state index in [4.69, 9.17) is 14.6 Å². The average Bonchev–Trinajstić information content (AvgIpc) is 2.34. The van der Waals surface area contributed by atoms with Crippen molar-refractivity contribution in [2.24, 2.45) is 0 Å². The van der Waals surface area contributed by atoms with E-state index in [1.165, 1.54) is 27.2 Å². The number of aliphatic hydroxyl groups excluding tert-OH is 1. The van der Waals surface area contributed by atoms with E-state index in [-0.39, 0.29) is 17.1 Å². The number of alkyl halides is 3. The van der Waals surface area contributed by atoms with Crippen LogP contribution in [-0.4, -0.2) is 25.9 Å². The third-order valence-corrected chi connectivity index (χ3v) is 2.66. The lowest BCUT2D eigenvalue weighted by Gasteiger charge is -2.21.